The van der Waals surface area contributed by atoms with Crippen molar-refractivity contribution >= 4 is 45.3 Å². The molecule has 3 rings (SSSR count). The summed E-state index contributed by atoms with van der Waals surface area (Å²) < 4.78 is 15.2. The number of fused-ring (bicyclic) bond motifs is 1. The molecule has 0 aliphatic carbocycles. The number of halogens is 1. The first-order valence-corrected chi connectivity index (χ1v) is 9.24. The molecule has 0 atom stereocenters. The van der Waals surface area contributed by atoms with Crippen LogP contribution in [0.15, 0.2) is 52.4 Å². The van der Waals surface area contributed by atoms with E-state index >= 15 is 4.39 Å². The van der Waals surface area contributed by atoms with E-state index < -0.39 is 5.82 Å². The smallest absolute Gasteiger partial charge is 0.155 e. The minimum atomic E-state index is -0.403. The maximum absolute atomic E-state index is 15.2. The molecule has 4 N–H and O–H groups in total. The second-order valence-corrected chi connectivity index (χ2v) is 7.28. The lowest BCUT2D eigenvalue weighted by Crippen LogP contribution is -2.25. The van der Waals surface area contributed by atoms with Crippen molar-refractivity contribution in [3.8, 4) is 0 Å². The molecule has 2 aromatic rings. The van der Waals surface area contributed by atoms with Gasteiger partial charge in [-0.2, -0.15) is 10.2 Å². The quantitative estimate of drug-likeness (QED) is 0.311. The van der Waals surface area contributed by atoms with Crippen LogP contribution in [0.1, 0.15) is 18.1 Å². The Bertz CT molecular complexity index is 1040. The Morgan fingerprint density at radius 2 is 2.29 bits per heavy atom. The van der Waals surface area contributed by atoms with Crippen LogP contribution in [-0.4, -0.2) is 34.1 Å². The first-order valence-electron chi connectivity index (χ1n) is 8.42. The summed E-state index contributed by atoms with van der Waals surface area (Å²) >= 11 is 1.41. The number of hydrogen-bond donors (Lipinski definition) is 3. The van der Waals surface area contributed by atoms with Gasteiger partial charge < -0.3 is 16.6 Å². The van der Waals surface area contributed by atoms with E-state index in [1.807, 2.05) is 6.92 Å². The summed E-state index contributed by atoms with van der Waals surface area (Å²) in [5.74, 6) is 5.53. The van der Waals surface area contributed by atoms with Gasteiger partial charge in [0.1, 0.15) is 5.82 Å². The summed E-state index contributed by atoms with van der Waals surface area (Å²) in [5.41, 5.74) is 2.19. The van der Waals surface area contributed by atoms with Crippen molar-refractivity contribution in [1.82, 2.24) is 15.3 Å². The summed E-state index contributed by atoms with van der Waals surface area (Å²) in [6.45, 7) is 5.78. The number of nitrogens with zero attached hydrogens (tertiary/aromatic N) is 4. The molecular formula is C19H20FN7S. The second-order valence-electron chi connectivity index (χ2n) is 6.01. The Morgan fingerprint density at radius 1 is 1.50 bits per heavy atom. The van der Waals surface area contributed by atoms with Gasteiger partial charge in [-0.3, -0.25) is 4.98 Å². The highest BCUT2D eigenvalue weighted by Gasteiger charge is 2.23. The number of allylic oxidation sites excluding steroid dienone is 1. The molecule has 144 valence electrons. The van der Waals surface area contributed by atoms with Crippen LogP contribution < -0.4 is 11.2 Å². The van der Waals surface area contributed by atoms with Gasteiger partial charge in [0, 0.05) is 48.6 Å². The van der Waals surface area contributed by atoms with Crippen LogP contribution in [0.3, 0.4) is 0 Å². The van der Waals surface area contributed by atoms with Gasteiger partial charge in [-0.05, 0) is 24.6 Å². The summed E-state index contributed by atoms with van der Waals surface area (Å²) in [6, 6.07) is 5.10. The molecule has 1 aliphatic rings. The lowest BCUT2D eigenvalue weighted by Gasteiger charge is -2.17. The molecule has 0 bridgehead atoms. The molecule has 0 amide bonds. The number of aromatic nitrogens is 1. The number of amidine groups is 1. The van der Waals surface area contributed by atoms with Crippen molar-refractivity contribution in [1.29, 1.82) is 5.41 Å². The first-order chi connectivity index (χ1) is 13.5. The molecule has 1 aromatic carbocycles. The van der Waals surface area contributed by atoms with E-state index in [2.05, 4.69) is 27.1 Å². The molecule has 0 saturated heterocycles. The molecular weight excluding hydrogens is 377 g/mol. The average Bonchev–Trinajstić information content (AvgIpc) is 3.03. The molecule has 2 heterocycles. The number of benzene rings is 1. The van der Waals surface area contributed by atoms with Crippen LogP contribution in [0.25, 0.3) is 16.5 Å². The van der Waals surface area contributed by atoms with E-state index in [-0.39, 0.29) is 6.42 Å². The van der Waals surface area contributed by atoms with Gasteiger partial charge in [-0.25, -0.2) is 9.40 Å². The molecule has 28 heavy (non-hydrogen) atoms. The maximum atomic E-state index is 15.2. The largest absolute Gasteiger partial charge is 0.393 e. The molecule has 1 aliphatic heterocycles. The van der Waals surface area contributed by atoms with Crippen LogP contribution in [0.4, 0.5) is 4.39 Å². The van der Waals surface area contributed by atoms with E-state index in [1.54, 1.807) is 37.6 Å². The van der Waals surface area contributed by atoms with Gasteiger partial charge in [0.2, 0.25) is 0 Å². The molecule has 0 spiro atoms. The minimum absolute atomic E-state index is 0.155. The molecule has 0 unspecified atom stereocenters. The average molecular weight is 397 g/mol. The second kappa shape index (κ2) is 8.22. The topological polar surface area (TPSA) is 103 Å². The van der Waals surface area contributed by atoms with Gasteiger partial charge in [0.05, 0.1) is 15.6 Å². The Balaban J connectivity index is 2.00. The first kappa shape index (κ1) is 19.6. The fraction of sp³-hybridized carbons (Fsp3) is 0.158. The molecule has 0 fully saturated rings. The van der Waals surface area contributed by atoms with Crippen molar-refractivity contribution in [2.75, 3.05) is 7.05 Å². The van der Waals surface area contributed by atoms with Gasteiger partial charge in [-0.15, -0.1) is 0 Å². The fourth-order valence-electron chi connectivity index (χ4n) is 2.85. The normalized spacial score (nSPS) is 15.2. The highest BCUT2D eigenvalue weighted by Crippen LogP contribution is 2.30. The number of thioether (sulfide) groups is 1. The zero-order valence-electron chi connectivity index (χ0n) is 15.5. The fourth-order valence-corrected chi connectivity index (χ4v) is 3.54. The van der Waals surface area contributed by atoms with Crippen LogP contribution >= 0.6 is 11.8 Å². The minimum Gasteiger partial charge on any atom is -0.393 e. The molecule has 7 nitrogen and oxygen atoms in total. The molecule has 1 aromatic heterocycles. The van der Waals surface area contributed by atoms with Crippen LogP contribution in [0.2, 0.25) is 0 Å². The van der Waals surface area contributed by atoms with Crippen LogP contribution in [0, 0.1) is 11.2 Å². The lowest BCUT2D eigenvalue weighted by molar-refractivity contribution is 0.578. The van der Waals surface area contributed by atoms with Gasteiger partial charge in [-0.1, -0.05) is 24.4 Å². The monoisotopic (exact) mass is 397 g/mol. The number of rotatable bonds is 5. The third kappa shape index (κ3) is 3.74. The van der Waals surface area contributed by atoms with E-state index in [9.17, 15) is 0 Å². The van der Waals surface area contributed by atoms with Crippen molar-refractivity contribution in [3.05, 3.63) is 59.1 Å². The van der Waals surface area contributed by atoms with Crippen molar-refractivity contribution in [2.45, 2.75) is 13.3 Å². The summed E-state index contributed by atoms with van der Waals surface area (Å²) in [4.78, 5) is 4.32. The summed E-state index contributed by atoms with van der Waals surface area (Å²) in [7, 11) is 1.74. The predicted octanol–water partition coefficient (Wildman–Crippen LogP) is 3.25. The van der Waals surface area contributed by atoms with Crippen LogP contribution in [-0.2, 0) is 6.42 Å². The Kier molecular flexibility index (Phi) is 5.74. The SMILES string of the molecule is C=C1SC(C)=NN1/C(Cc1ccc2ncc(/C(C=N)=C/NC)cc2c1F)=N\N. The van der Waals surface area contributed by atoms with E-state index in [1.165, 1.54) is 23.0 Å². The van der Waals surface area contributed by atoms with Gasteiger partial charge in [0.25, 0.3) is 0 Å². The lowest BCUT2D eigenvalue weighted by atomic mass is 10.0. The van der Waals surface area contributed by atoms with Crippen molar-refractivity contribution in [3.63, 3.8) is 0 Å². The van der Waals surface area contributed by atoms with E-state index in [0.717, 1.165) is 5.04 Å². The zero-order valence-corrected chi connectivity index (χ0v) is 16.3. The third-order valence-electron chi connectivity index (χ3n) is 4.15. The Labute approximate surface area is 166 Å². The van der Waals surface area contributed by atoms with Crippen molar-refractivity contribution in [2.24, 2.45) is 16.0 Å². The van der Waals surface area contributed by atoms with Crippen molar-refractivity contribution < 1.29 is 4.39 Å². The number of nitrogens with two attached hydrogens (primary N) is 1. The number of nitrogens with one attached hydrogen (secondary N) is 2. The number of hydrazone groups is 2. The van der Waals surface area contributed by atoms with Gasteiger partial charge >= 0.3 is 0 Å². The summed E-state index contributed by atoms with van der Waals surface area (Å²) in [5, 5.41) is 21.9. The number of hydrogen-bond acceptors (Lipinski definition) is 7. The standard InChI is InChI=1S/C19H20FN7S/c1-11-26-27(12(2)28-11)18(25-22)7-13-4-5-17-16(19(13)20)6-14(10-24-17)15(8-21)9-23-3/h4-6,8-10,21,23H,2,7,22H2,1,3H3/b15-9+,21-8?,25-18-. The van der Waals surface area contributed by atoms with E-state index in [0.29, 0.717) is 38.5 Å². The zero-order chi connectivity index (χ0) is 20.3. The molecule has 9 heteroatoms. The van der Waals surface area contributed by atoms with E-state index in [4.69, 9.17) is 11.3 Å². The van der Waals surface area contributed by atoms with Gasteiger partial charge in [0.15, 0.2) is 5.84 Å². The third-order valence-corrected chi connectivity index (χ3v) is 4.94. The van der Waals surface area contributed by atoms with Crippen LogP contribution in [0.5, 0.6) is 0 Å². The highest BCUT2D eigenvalue weighted by molar-refractivity contribution is 8.17. The summed E-state index contributed by atoms with van der Waals surface area (Å²) in [6.07, 6.45) is 4.62. The predicted molar refractivity (Wildman–Crippen MR) is 115 cm³/mol. The Morgan fingerprint density at radius 3 is 2.89 bits per heavy atom. The highest BCUT2D eigenvalue weighted by atomic mass is 32.2. The Hall–Kier alpha value is -3.20. The number of pyridine rings is 1. The molecule has 0 saturated carbocycles. The molecule has 0 radical (unpaired) electrons. The maximum Gasteiger partial charge on any atom is 0.155 e.